The molecule has 1 aliphatic rings. The summed E-state index contributed by atoms with van der Waals surface area (Å²) < 4.78 is 19.1. The Balaban J connectivity index is 1.94. The van der Waals surface area contributed by atoms with Gasteiger partial charge in [0.2, 0.25) is 0 Å². The van der Waals surface area contributed by atoms with E-state index < -0.39 is 0 Å². The van der Waals surface area contributed by atoms with Gasteiger partial charge >= 0.3 is 0 Å². The predicted molar refractivity (Wildman–Crippen MR) is 79.6 cm³/mol. The van der Waals surface area contributed by atoms with Gasteiger partial charge in [-0.3, -0.25) is 4.90 Å². The maximum Gasteiger partial charge on any atom is 0.123 e. The molecule has 2 rings (SSSR count). The summed E-state index contributed by atoms with van der Waals surface area (Å²) in [4.78, 5) is 2.42. The molecule has 106 valence electrons. The van der Waals surface area contributed by atoms with E-state index in [9.17, 15) is 4.39 Å². The van der Waals surface area contributed by atoms with Crippen molar-refractivity contribution in [2.75, 3.05) is 18.4 Å². The van der Waals surface area contributed by atoms with Crippen molar-refractivity contribution in [3.63, 3.8) is 0 Å². The predicted octanol–water partition coefficient (Wildman–Crippen LogP) is 3.62. The van der Waals surface area contributed by atoms with Crippen LogP contribution in [0, 0.1) is 5.82 Å². The smallest absolute Gasteiger partial charge is 0.123 e. The normalized spacial score (nSPS) is 17.9. The van der Waals surface area contributed by atoms with Crippen molar-refractivity contribution >= 4 is 15.9 Å². The molecule has 0 bridgehead atoms. The second-order valence-electron chi connectivity index (χ2n) is 5.33. The van der Waals surface area contributed by atoms with Gasteiger partial charge in [0.1, 0.15) is 17.7 Å². The Labute approximate surface area is 123 Å². The monoisotopic (exact) mass is 329 g/mol. The summed E-state index contributed by atoms with van der Waals surface area (Å²) in [5.41, 5.74) is 0.995. The summed E-state index contributed by atoms with van der Waals surface area (Å²) in [6, 6.07) is 5.30. The molecule has 1 heterocycles. The van der Waals surface area contributed by atoms with Crippen molar-refractivity contribution in [2.45, 2.75) is 38.8 Å². The Bertz CT molecular complexity index is 425. The lowest BCUT2D eigenvalue weighted by atomic mass is 10.1. The highest BCUT2D eigenvalue weighted by atomic mass is 79.9. The van der Waals surface area contributed by atoms with Crippen molar-refractivity contribution in [3.05, 3.63) is 29.6 Å². The third-order valence-corrected chi connectivity index (χ3v) is 4.07. The number of benzene rings is 1. The second kappa shape index (κ2) is 6.71. The number of nitrogens with zero attached hydrogens (tertiary/aromatic N) is 1. The summed E-state index contributed by atoms with van der Waals surface area (Å²) in [5.74, 6) is 0.665. The van der Waals surface area contributed by atoms with Gasteiger partial charge in [-0.25, -0.2) is 4.39 Å². The van der Waals surface area contributed by atoms with Crippen molar-refractivity contribution in [1.82, 2.24) is 4.90 Å². The lowest BCUT2D eigenvalue weighted by Gasteiger charge is -2.28. The summed E-state index contributed by atoms with van der Waals surface area (Å²) in [7, 11) is 0. The van der Waals surface area contributed by atoms with Gasteiger partial charge in [0.25, 0.3) is 0 Å². The molecule has 0 fully saturated rings. The first-order valence-corrected chi connectivity index (χ1v) is 7.97. The molecule has 1 unspecified atom stereocenters. The van der Waals surface area contributed by atoms with E-state index in [1.54, 1.807) is 12.1 Å². The highest BCUT2D eigenvalue weighted by molar-refractivity contribution is 9.09. The molecule has 0 saturated carbocycles. The summed E-state index contributed by atoms with van der Waals surface area (Å²) in [6.07, 6.45) is 2.09. The molecule has 0 N–H and O–H groups in total. The van der Waals surface area contributed by atoms with Gasteiger partial charge in [-0.1, -0.05) is 15.9 Å². The molecule has 1 atom stereocenters. The van der Waals surface area contributed by atoms with Crippen LogP contribution in [-0.4, -0.2) is 35.5 Å². The fourth-order valence-electron chi connectivity index (χ4n) is 2.48. The van der Waals surface area contributed by atoms with Crippen molar-refractivity contribution < 1.29 is 9.13 Å². The fraction of sp³-hybridized carbons (Fsp3) is 0.600. The van der Waals surface area contributed by atoms with Gasteiger partial charge in [0, 0.05) is 29.9 Å². The first-order valence-electron chi connectivity index (χ1n) is 6.85. The van der Waals surface area contributed by atoms with Gasteiger partial charge in [0.15, 0.2) is 0 Å². The number of ether oxygens (including phenoxy) is 1. The first-order chi connectivity index (χ1) is 9.10. The second-order valence-corrected chi connectivity index (χ2v) is 6.12. The molecule has 2 nitrogen and oxygen atoms in total. The SMILES string of the molecule is CC(C)N(CCCBr)CC1Cc2cc(F)ccc2O1. The van der Waals surface area contributed by atoms with Gasteiger partial charge in [-0.05, 0) is 45.0 Å². The van der Waals surface area contributed by atoms with E-state index >= 15 is 0 Å². The summed E-state index contributed by atoms with van der Waals surface area (Å²) in [6.45, 7) is 6.38. The Kier molecular flexibility index (Phi) is 5.22. The minimum Gasteiger partial charge on any atom is -0.488 e. The number of fused-ring (bicyclic) bond motifs is 1. The van der Waals surface area contributed by atoms with Crippen molar-refractivity contribution in [3.8, 4) is 5.75 Å². The summed E-state index contributed by atoms with van der Waals surface area (Å²) in [5, 5.41) is 1.02. The van der Waals surface area contributed by atoms with Crippen LogP contribution in [0.4, 0.5) is 4.39 Å². The summed E-state index contributed by atoms with van der Waals surface area (Å²) >= 11 is 3.47. The van der Waals surface area contributed by atoms with E-state index in [-0.39, 0.29) is 11.9 Å². The van der Waals surface area contributed by atoms with E-state index in [4.69, 9.17) is 4.74 Å². The standard InChI is InChI=1S/C15H21BrFNO/c1-11(2)18(7-3-6-16)10-14-9-12-8-13(17)4-5-15(12)19-14/h4-5,8,11,14H,3,6-7,9-10H2,1-2H3. The molecular formula is C15H21BrFNO. The number of alkyl halides is 1. The number of rotatable bonds is 6. The van der Waals surface area contributed by atoms with E-state index in [0.29, 0.717) is 6.04 Å². The van der Waals surface area contributed by atoms with Crippen LogP contribution in [0.3, 0.4) is 0 Å². The van der Waals surface area contributed by atoms with E-state index in [0.717, 1.165) is 42.6 Å². The van der Waals surface area contributed by atoms with Gasteiger partial charge in [0.05, 0.1) is 0 Å². The lowest BCUT2D eigenvalue weighted by molar-refractivity contribution is 0.128. The molecule has 0 spiro atoms. The largest absolute Gasteiger partial charge is 0.488 e. The number of halogens is 2. The van der Waals surface area contributed by atoms with Crippen LogP contribution in [-0.2, 0) is 6.42 Å². The third kappa shape index (κ3) is 3.93. The average molecular weight is 330 g/mol. The molecule has 0 saturated heterocycles. The maximum absolute atomic E-state index is 13.2. The molecule has 0 aliphatic carbocycles. The number of hydrogen-bond donors (Lipinski definition) is 0. The molecular weight excluding hydrogens is 309 g/mol. The zero-order valence-electron chi connectivity index (χ0n) is 11.5. The topological polar surface area (TPSA) is 12.5 Å². The molecule has 1 aliphatic heterocycles. The molecule has 0 aromatic heterocycles. The number of hydrogen-bond acceptors (Lipinski definition) is 2. The zero-order chi connectivity index (χ0) is 13.8. The quantitative estimate of drug-likeness (QED) is 0.739. The van der Waals surface area contributed by atoms with Crippen LogP contribution in [0.1, 0.15) is 25.8 Å². The first kappa shape index (κ1) is 14.8. The van der Waals surface area contributed by atoms with Gasteiger partial charge < -0.3 is 4.74 Å². The van der Waals surface area contributed by atoms with Gasteiger partial charge in [-0.15, -0.1) is 0 Å². The van der Waals surface area contributed by atoms with Crippen LogP contribution in [0.15, 0.2) is 18.2 Å². The molecule has 0 radical (unpaired) electrons. The Morgan fingerprint density at radius 3 is 2.95 bits per heavy atom. The fourth-order valence-corrected chi connectivity index (χ4v) is 2.73. The van der Waals surface area contributed by atoms with E-state index in [2.05, 4.69) is 34.7 Å². The Morgan fingerprint density at radius 1 is 1.47 bits per heavy atom. The molecule has 0 amide bonds. The lowest BCUT2D eigenvalue weighted by Crippen LogP contribution is -2.40. The average Bonchev–Trinajstić information content (AvgIpc) is 2.75. The van der Waals surface area contributed by atoms with Crippen LogP contribution < -0.4 is 4.74 Å². The van der Waals surface area contributed by atoms with Crippen LogP contribution in [0.5, 0.6) is 5.75 Å². The Morgan fingerprint density at radius 2 is 2.26 bits per heavy atom. The molecule has 1 aromatic carbocycles. The third-order valence-electron chi connectivity index (χ3n) is 3.51. The Hall–Kier alpha value is -0.610. The van der Waals surface area contributed by atoms with Gasteiger partial charge in [-0.2, -0.15) is 0 Å². The molecule has 19 heavy (non-hydrogen) atoms. The maximum atomic E-state index is 13.2. The minimum absolute atomic E-state index is 0.148. The highest BCUT2D eigenvalue weighted by Crippen LogP contribution is 2.29. The van der Waals surface area contributed by atoms with Crippen molar-refractivity contribution in [1.29, 1.82) is 0 Å². The van der Waals surface area contributed by atoms with E-state index in [1.165, 1.54) is 6.07 Å². The molecule has 4 heteroatoms. The molecule has 1 aromatic rings. The highest BCUT2D eigenvalue weighted by Gasteiger charge is 2.25. The van der Waals surface area contributed by atoms with Crippen molar-refractivity contribution in [2.24, 2.45) is 0 Å². The van der Waals surface area contributed by atoms with Crippen LogP contribution >= 0.6 is 15.9 Å². The van der Waals surface area contributed by atoms with E-state index in [1.807, 2.05) is 0 Å². The van der Waals surface area contributed by atoms with Crippen LogP contribution in [0.2, 0.25) is 0 Å². The minimum atomic E-state index is -0.178. The van der Waals surface area contributed by atoms with Crippen LogP contribution in [0.25, 0.3) is 0 Å². The zero-order valence-corrected chi connectivity index (χ0v) is 13.1.